The number of ether oxygens (including phenoxy) is 1. The summed E-state index contributed by atoms with van der Waals surface area (Å²) in [6.45, 7) is 9.47. The lowest BCUT2D eigenvalue weighted by Gasteiger charge is -2.27. The second-order valence-corrected chi connectivity index (χ2v) is 6.84. The van der Waals surface area contributed by atoms with Crippen LogP contribution in [0.2, 0.25) is 0 Å². The number of morpholine rings is 1. The Morgan fingerprint density at radius 1 is 0.895 bits per heavy atom. The molecule has 2 aliphatic heterocycles. The summed E-state index contributed by atoms with van der Waals surface area (Å²) in [5.41, 5.74) is 0. The quantitative estimate of drug-likeness (QED) is 0.714. The maximum atomic E-state index is 5.40. The van der Waals surface area contributed by atoms with E-state index in [0.29, 0.717) is 0 Å². The Bertz CT molecular complexity index is 331. The highest BCUT2D eigenvalue weighted by Crippen LogP contribution is 2.51. The molecule has 4 rings (SSSR count). The maximum absolute atomic E-state index is 5.40. The number of nitrogens with zero attached hydrogens (tertiary/aromatic N) is 2. The molecule has 2 saturated heterocycles. The van der Waals surface area contributed by atoms with Crippen LogP contribution in [0.25, 0.3) is 0 Å². The number of rotatable bonds is 4. The fourth-order valence-electron chi connectivity index (χ4n) is 4.76. The SMILES string of the molecule is C1=CC2CC1C1CN(CCCN3CCOCC3)CC21. The van der Waals surface area contributed by atoms with Crippen molar-refractivity contribution in [1.82, 2.24) is 9.80 Å². The van der Waals surface area contributed by atoms with Crippen molar-refractivity contribution in [2.45, 2.75) is 12.8 Å². The molecule has 3 nitrogen and oxygen atoms in total. The first-order valence-electron chi connectivity index (χ1n) is 8.11. The van der Waals surface area contributed by atoms with Gasteiger partial charge in [0.15, 0.2) is 0 Å². The third-order valence-corrected chi connectivity index (χ3v) is 5.79. The molecule has 0 aromatic heterocycles. The van der Waals surface area contributed by atoms with Gasteiger partial charge in [0, 0.05) is 26.2 Å². The highest BCUT2D eigenvalue weighted by atomic mass is 16.5. The van der Waals surface area contributed by atoms with Gasteiger partial charge in [-0.2, -0.15) is 0 Å². The van der Waals surface area contributed by atoms with Gasteiger partial charge in [0.2, 0.25) is 0 Å². The Morgan fingerprint density at radius 3 is 2.21 bits per heavy atom. The van der Waals surface area contributed by atoms with Crippen molar-refractivity contribution in [2.24, 2.45) is 23.7 Å². The Kier molecular flexibility index (Phi) is 3.38. The van der Waals surface area contributed by atoms with E-state index in [1.807, 2.05) is 0 Å². The van der Waals surface area contributed by atoms with E-state index in [9.17, 15) is 0 Å². The van der Waals surface area contributed by atoms with E-state index >= 15 is 0 Å². The Balaban J connectivity index is 1.21. The zero-order valence-corrected chi connectivity index (χ0v) is 11.8. The van der Waals surface area contributed by atoms with Gasteiger partial charge in [-0.25, -0.2) is 0 Å². The molecule has 4 aliphatic rings. The fourth-order valence-corrected chi connectivity index (χ4v) is 4.76. The molecular weight excluding hydrogens is 236 g/mol. The van der Waals surface area contributed by atoms with Crippen LogP contribution in [0.15, 0.2) is 12.2 Å². The lowest BCUT2D eigenvalue weighted by molar-refractivity contribution is 0.0363. The maximum Gasteiger partial charge on any atom is 0.0594 e. The Hall–Kier alpha value is -0.380. The second-order valence-electron chi connectivity index (χ2n) is 6.84. The molecule has 1 saturated carbocycles. The Morgan fingerprint density at radius 2 is 1.53 bits per heavy atom. The van der Waals surface area contributed by atoms with E-state index in [4.69, 9.17) is 4.74 Å². The summed E-state index contributed by atoms with van der Waals surface area (Å²) in [6.07, 6.45) is 7.81. The largest absolute Gasteiger partial charge is 0.379 e. The molecule has 0 aromatic rings. The molecule has 2 aliphatic carbocycles. The highest BCUT2D eigenvalue weighted by molar-refractivity contribution is 5.16. The minimum Gasteiger partial charge on any atom is -0.379 e. The summed E-state index contributed by atoms with van der Waals surface area (Å²) < 4.78 is 5.40. The second kappa shape index (κ2) is 5.19. The van der Waals surface area contributed by atoms with Crippen molar-refractivity contribution in [1.29, 1.82) is 0 Å². The van der Waals surface area contributed by atoms with Crippen molar-refractivity contribution >= 4 is 0 Å². The molecule has 2 bridgehead atoms. The standard InChI is InChI=1S/C16H26N2O/c1(4-17-6-8-19-9-7-17)5-18-11-15-13-2-3-14(10-13)16(15)12-18/h2-3,13-16H,1,4-12H2. The first-order valence-corrected chi connectivity index (χ1v) is 8.11. The summed E-state index contributed by atoms with van der Waals surface area (Å²) in [5.74, 6) is 3.86. The zero-order valence-electron chi connectivity index (χ0n) is 11.8. The number of likely N-dealkylation sites (tertiary alicyclic amines) is 1. The minimum absolute atomic E-state index is 0.930. The van der Waals surface area contributed by atoms with Gasteiger partial charge in [-0.1, -0.05) is 12.2 Å². The topological polar surface area (TPSA) is 15.7 Å². The summed E-state index contributed by atoms with van der Waals surface area (Å²) in [4.78, 5) is 5.30. The van der Waals surface area contributed by atoms with E-state index in [-0.39, 0.29) is 0 Å². The third-order valence-electron chi connectivity index (χ3n) is 5.79. The van der Waals surface area contributed by atoms with Gasteiger partial charge in [-0.15, -0.1) is 0 Å². The average molecular weight is 262 g/mol. The molecule has 19 heavy (non-hydrogen) atoms. The first kappa shape index (κ1) is 12.4. The average Bonchev–Trinajstić information content (AvgIpc) is 3.12. The first-order chi connectivity index (χ1) is 9.40. The van der Waals surface area contributed by atoms with Crippen LogP contribution < -0.4 is 0 Å². The molecule has 3 fully saturated rings. The van der Waals surface area contributed by atoms with Crippen LogP contribution in [0.5, 0.6) is 0 Å². The molecule has 0 radical (unpaired) electrons. The van der Waals surface area contributed by atoms with E-state index in [1.54, 1.807) is 0 Å². The lowest BCUT2D eigenvalue weighted by Crippen LogP contribution is -2.38. The van der Waals surface area contributed by atoms with Gasteiger partial charge < -0.3 is 9.64 Å². The van der Waals surface area contributed by atoms with Gasteiger partial charge in [-0.3, -0.25) is 4.90 Å². The third kappa shape index (κ3) is 2.37. The van der Waals surface area contributed by atoms with E-state index < -0.39 is 0 Å². The number of hydrogen-bond donors (Lipinski definition) is 0. The van der Waals surface area contributed by atoms with Crippen LogP contribution >= 0.6 is 0 Å². The summed E-state index contributed by atoms with van der Waals surface area (Å²) >= 11 is 0. The smallest absolute Gasteiger partial charge is 0.0594 e. The van der Waals surface area contributed by atoms with Crippen LogP contribution in [-0.4, -0.2) is 62.3 Å². The molecule has 0 amide bonds. The lowest BCUT2D eigenvalue weighted by atomic mass is 9.86. The molecule has 3 heteroatoms. The van der Waals surface area contributed by atoms with Crippen LogP contribution in [0.3, 0.4) is 0 Å². The zero-order chi connectivity index (χ0) is 12.7. The van der Waals surface area contributed by atoms with Crippen molar-refractivity contribution in [2.75, 3.05) is 52.5 Å². The van der Waals surface area contributed by atoms with Crippen LogP contribution in [-0.2, 0) is 4.74 Å². The summed E-state index contributed by atoms with van der Waals surface area (Å²) in [6, 6.07) is 0. The molecule has 4 atom stereocenters. The van der Waals surface area contributed by atoms with Crippen molar-refractivity contribution in [3.63, 3.8) is 0 Å². The minimum atomic E-state index is 0.930. The van der Waals surface area contributed by atoms with Crippen molar-refractivity contribution in [3.8, 4) is 0 Å². The molecule has 0 N–H and O–H groups in total. The van der Waals surface area contributed by atoms with Gasteiger partial charge in [-0.05, 0) is 49.6 Å². The molecular formula is C16H26N2O. The number of hydrogen-bond acceptors (Lipinski definition) is 3. The fraction of sp³-hybridized carbons (Fsp3) is 0.875. The van der Waals surface area contributed by atoms with Gasteiger partial charge in [0.1, 0.15) is 0 Å². The van der Waals surface area contributed by atoms with Crippen LogP contribution in [0.4, 0.5) is 0 Å². The van der Waals surface area contributed by atoms with Gasteiger partial charge in [0.25, 0.3) is 0 Å². The van der Waals surface area contributed by atoms with E-state index in [2.05, 4.69) is 22.0 Å². The van der Waals surface area contributed by atoms with Gasteiger partial charge in [0.05, 0.1) is 13.2 Å². The summed E-state index contributed by atoms with van der Waals surface area (Å²) in [5, 5.41) is 0. The van der Waals surface area contributed by atoms with E-state index in [1.165, 1.54) is 39.0 Å². The van der Waals surface area contributed by atoms with Crippen LogP contribution in [0.1, 0.15) is 12.8 Å². The monoisotopic (exact) mass is 262 g/mol. The molecule has 106 valence electrons. The van der Waals surface area contributed by atoms with E-state index in [0.717, 1.165) is 50.0 Å². The molecule has 0 spiro atoms. The van der Waals surface area contributed by atoms with Crippen LogP contribution in [0, 0.1) is 23.7 Å². The van der Waals surface area contributed by atoms with Crippen molar-refractivity contribution in [3.05, 3.63) is 12.2 Å². The Labute approximate surface area is 116 Å². The number of allylic oxidation sites excluding steroid dienone is 2. The molecule has 0 aromatic carbocycles. The molecule has 4 unspecified atom stereocenters. The molecule has 2 heterocycles. The van der Waals surface area contributed by atoms with Gasteiger partial charge >= 0.3 is 0 Å². The number of fused-ring (bicyclic) bond motifs is 5. The normalized spacial score (nSPS) is 42.1. The predicted molar refractivity (Wildman–Crippen MR) is 76.0 cm³/mol. The highest BCUT2D eigenvalue weighted by Gasteiger charge is 2.48. The van der Waals surface area contributed by atoms with Crippen molar-refractivity contribution < 1.29 is 4.74 Å². The predicted octanol–water partition coefficient (Wildman–Crippen LogP) is 1.46. The summed E-state index contributed by atoms with van der Waals surface area (Å²) in [7, 11) is 0.